The van der Waals surface area contributed by atoms with E-state index in [0.717, 1.165) is 10.9 Å². The van der Waals surface area contributed by atoms with E-state index >= 15 is 0 Å². The molecule has 0 radical (unpaired) electrons. The second kappa shape index (κ2) is 9.80. The molecule has 0 spiro atoms. The lowest BCUT2D eigenvalue weighted by molar-refractivity contribution is 0.0911. The van der Waals surface area contributed by atoms with Crippen LogP contribution in [-0.4, -0.2) is 17.1 Å². The molecule has 2 aromatic rings. The lowest BCUT2D eigenvalue weighted by Crippen LogP contribution is -2.48. The molecule has 0 aliphatic heterocycles. The Morgan fingerprint density at radius 2 is 2.12 bits per heavy atom. The number of nitrogens with one attached hydrogen (secondary N) is 3. The fraction of sp³-hybridized carbons (Fsp3) is 0.294. The normalized spacial score (nSPS) is 11.5. The van der Waals surface area contributed by atoms with Crippen LogP contribution < -0.4 is 20.9 Å². The molecule has 0 bridgehead atoms. The van der Waals surface area contributed by atoms with Gasteiger partial charge in [-0.25, -0.2) is 0 Å². The van der Waals surface area contributed by atoms with Gasteiger partial charge in [-0.1, -0.05) is 34.5 Å². The van der Waals surface area contributed by atoms with Crippen molar-refractivity contribution in [3.8, 4) is 5.75 Å². The van der Waals surface area contributed by atoms with Crippen molar-refractivity contribution < 1.29 is 13.9 Å². The molecule has 140 valence electrons. The Balaban J connectivity index is 1.84. The van der Waals surface area contributed by atoms with Crippen LogP contribution in [0.25, 0.3) is 0 Å². The summed E-state index contributed by atoms with van der Waals surface area (Å²) < 4.78 is 11.9. The summed E-state index contributed by atoms with van der Waals surface area (Å²) in [4.78, 5) is 12.1. The van der Waals surface area contributed by atoms with Crippen LogP contribution in [0, 0.1) is 0 Å². The van der Waals surface area contributed by atoms with Gasteiger partial charge in [-0.3, -0.25) is 15.6 Å². The molecule has 9 heteroatoms. The first-order chi connectivity index (χ1) is 12.4. The molecule has 1 aromatic carbocycles. The van der Waals surface area contributed by atoms with E-state index in [1.807, 2.05) is 19.9 Å². The first-order valence-electron chi connectivity index (χ1n) is 7.92. The monoisotopic (exact) mass is 459 g/mol. The molecule has 0 saturated heterocycles. The molecule has 3 N–H and O–H groups in total. The Labute approximate surface area is 170 Å². The van der Waals surface area contributed by atoms with Gasteiger partial charge in [-0.2, -0.15) is 0 Å². The van der Waals surface area contributed by atoms with Crippen molar-refractivity contribution in [3.05, 3.63) is 51.3 Å². The van der Waals surface area contributed by atoms with E-state index in [1.165, 1.54) is 0 Å². The highest BCUT2D eigenvalue weighted by atomic mass is 79.9. The van der Waals surface area contributed by atoms with Crippen molar-refractivity contribution in [2.24, 2.45) is 0 Å². The van der Waals surface area contributed by atoms with Crippen LogP contribution in [0.4, 0.5) is 0 Å². The highest BCUT2D eigenvalue weighted by Gasteiger charge is 2.12. The first-order valence-corrected chi connectivity index (χ1v) is 9.50. The van der Waals surface area contributed by atoms with Crippen LogP contribution in [0.5, 0.6) is 5.75 Å². The number of hydrogen-bond acceptors (Lipinski definition) is 4. The SMILES string of the molecule is CC[C@H](C)NC(=S)NNC(=O)c1ccc(COc2ccc(Br)cc2Cl)o1. The predicted molar refractivity (Wildman–Crippen MR) is 108 cm³/mol. The Bertz CT molecular complexity index is 784. The largest absolute Gasteiger partial charge is 0.484 e. The van der Waals surface area contributed by atoms with Gasteiger partial charge in [0, 0.05) is 10.5 Å². The van der Waals surface area contributed by atoms with Crippen LogP contribution in [0.3, 0.4) is 0 Å². The second-order valence-electron chi connectivity index (χ2n) is 5.49. The number of carbonyl (C=O) groups excluding carboxylic acids is 1. The van der Waals surface area contributed by atoms with E-state index in [2.05, 4.69) is 32.1 Å². The van der Waals surface area contributed by atoms with E-state index in [0.29, 0.717) is 21.6 Å². The molecule has 0 aliphatic rings. The molecule has 0 aliphatic carbocycles. The van der Waals surface area contributed by atoms with Crippen LogP contribution in [0.15, 0.2) is 39.2 Å². The topological polar surface area (TPSA) is 75.5 Å². The smallest absolute Gasteiger partial charge is 0.305 e. The van der Waals surface area contributed by atoms with Crippen LogP contribution in [-0.2, 0) is 6.61 Å². The summed E-state index contributed by atoms with van der Waals surface area (Å²) in [7, 11) is 0. The zero-order valence-corrected chi connectivity index (χ0v) is 17.4. The Hall–Kier alpha value is -1.77. The minimum absolute atomic E-state index is 0.143. The lowest BCUT2D eigenvalue weighted by atomic mass is 10.3. The summed E-state index contributed by atoms with van der Waals surface area (Å²) in [5.41, 5.74) is 5.11. The average Bonchev–Trinajstić information content (AvgIpc) is 3.08. The highest BCUT2D eigenvalue weighted by Crippen LogP contribution is 2.28. The van der Waals surface area contributed by atoms with Gasteiger partial charge in [-0.15, -0.1) is 0 Å². The van der Waals surface area contributed by atoms with Gasteiger partial charge < -0.3 is 14.5 Å². The van der Waals surface area contributed by atoms with Crippen molar-refractivity contribution in [2.45, 2.75) is 32.9 Å². The van der Waals surface area contributed by atoms with Gasteiger partial charge in [0.1, 0.15) is 18.1 Å². The molecule has 0 saturated carbocycles. The maximum Gasteiger partial charge on any atom is 0.305 e. The summed E-state index contributed by atoms with van der Waals surface area (Å²) in [6.07, 6.45) is 0.916. The molecule has 1 amide bonds. The Morgan fingerprint density at radius 1 is 1.35 bits per heavy atom. The van der Waals surface area contributed by atoms with Gasteiger partial charge in [0.15, 0.2) is 10.9 Å². The first kappa shape index (κ1) is 20.5. The maximum atomic E-state index is 12.1. The number of rotatable bonds is 6. The number of hydrogen-bond donors (Lipinski definition) is 3. The van der Waals surface area contributed by atoms with Gasteiger partial charge in [0.05, 0.1) is 5.02 Å². The van der Waals surface area contributed by atoms with Crippen LogP contribution in [0.2, 0.25) is 5.02 Å². The second-order valence-corrected chi connectivity index (χ2v) is 7.22. The predicted octanol–water partition coefficient (Wildman–Crippen LogP) is 4.18. The van der Waals surface area contributed by atoms with E-state index in [-0.39, 0.29) is 18.4 Å². The fourth-order valence-corrected chi connectivity index (χ4v) is 2.84. The number of halogens is 2. The Morgan fingerprint density at radius 3 is 2.81 bits per heavy atom. The molecular formula is C17H19BrClN3O3S. The van der Waals surface area contributed by atoms with Crippen LogP contribution >= 0.6 is 39.7 Å². The zero-order valence-electron chi connectivity index (χ0n) is 14.3. The number of amides is 1. The number of thiocarbonyl (C=S) groups is 1. The summed E-state index contributed by atoms with van der Waals surface area (Å²) in [6, 6.07) is 8.74. The molecule has 2 rings (SSSR count). The third kappa shape index (κ3) is 6.19. The maximum absolute atomic E-state index is 12.1. The Kier molecular flexibility index (Phi) is 7.74. The third-order valence-electron chi connectivity index (χ3n) is 3.43. The van der Waals surface area contributed by atoms with Crippen molar-refractivity contribution in [1.82, 2.24) is 16.2 Å². The van der Waals surface area contributed by atoms with Crippen LogP contribution in [0.1, 0.15) is 36.6 Å². The number of hydrazine groups is 1. The molecule has 1 atom stereocenters. The highest BCUT2D eigenvalue weighted by molar-refractivity contribution is 9.10. The number of carbonyl (C=O) groups is 1. The molecule has 1 heterocycles. The fourth-order valence-electron chi connectivity index (χ4n) is 1.86. The summed E-state index contributed by atoms with van der Waals surface area (Å²) in [5.74, 6) is 0.727. The van der Waals surface area contributed by atoms with Gasteiger partial charge in [-0.05, 0) is 55.9 Å². The van der Waals surface area contributed by atoms with Crippen molar-refractivity contribution in [2.75, 3.05) is 0 Å². The molecule has 1 aromatic heterocycles. The standard InChI is InChI=1S/C17H19BrClN3O3S/c1-3-10(2)20-17(26)22-21-16(23)15-7-5-12(25-15)9-24-14-6-4-11(18)8-13(14)19/h4-8,10H,3,9H2,1-2H3,(H,21,23)(H2,20,22,26)/t10-/m0/s1. The van der Waals surface area contributed by atoms with Gasteiger partial charge in [0.25, 0.3) is 0 Å². The quantitative estimate of drug-likeness (QED) is 0.443. The lowest BCUT2D eigenvalue weighted by Gasteiger charge is -2.15. The molecular weight excluding hydrogens is 442 g/mol. The minimum Gasteiger partial charge on any atom is -0.484 e. The van der Waals surface area contributed by atoms with E-state index < -0.39 is 5.91 Å². The summed E-state index contributed by atoms with van der Waals surface area (Å²) in [6.45, 7) is 4.18. The molecule has 0 unspecified atom stereocenters. The summed E-state index contributed by atoms with van der Waals surface area (Å²) >= 11 is 14.5. The zero-order chi connectivity index (χ0) is 19.1. The van der Waals surface area contributed by atoms with Crippen molar-refractivity contribution >= 4 is 50.8 Å². The third-order valence-corrected chi connectivity index (χ3v) is 4.44. The van der Waals surface area contributed by atoms with E-state index in [9.17, 15) is 4.79 Å². The number of benzene rings is 1. The molecule has 0 fully saturated rings. The summed E-state index contributed by atoms with van der Waals surface area (Å²) in [5, 5.41) is 3.85. The average molecular weight is 461 g/mol. The van der Waals surface area contributed by atoms with E-state index in [4.69, 9.17) is 33.0 Å². The van der Waals surface area contributed by atoms with Gasteiger partial charge in [0.2, 0.25) is 0 Å². The number of ether oxygens (including phenoxy) is 1. The van der Waals surface area contributed by atoms with Crippen molar-refractivity contribution in [1.29, 1.82) is 0 Å². The van der Waals surface area contributed by atoms with Crippen molar-refractivity contribution in [3.63, 3.8) is 0 Å². The minimum atomic E-state index is -0.439. The van der Waals surface area contributed by atoms with E-state index in [1.54, 1.807) is 24.3 Å². The number of furan rings is 1. The van der Waals surface area contributed by atoms with Gasteiger partial charge >= 0.3 is 5.91 Å². The molecule has 26 heavy (non-hydrogen) atoms. The molecule has 6 nitrogen and oxygen atoms in total.